The summed E-state index contributed by atoms with van der Waals surface area (Å²) in [6.07, 6.45) is 5.04. The quantitative estimate of drug-likeness (QED) is 0.627. The van der Waals surface area contributed by atoms with Gasteiger partial charge in [0, 0.05) is 43.8 Å². The third-order valence-electron chi connectivity index (χ3n) is 4.62. The van der Waals surface area contributed by atoms with Gasteiger partial charge in [-0.2, -0.15) is 0 Å². The van der Waals surface area contributed by atoms with Crippen LogP contribution >= 0.6 is 22.9 Å². The Bertz CT molecular complexity index is 969. The van der Waals surface area contributed by atoms with Crippen molar-refractivity contribution >= 4 is 39.9 Å². The van der Waals surface area contributed by atoms with Crippen LogP contribution in [0.3, 0.4) is 0 Å². The first kappa shape index (κ1) is 19.1. The lowest BCUT2D eigenvalue weighted by atomic mass is 10.2. The lowest BCUT2D eigenvalue weighted by Gasteiger charge is -2.33. The number of thiazole rings is 1. The number of aromatic nitrogens is 2. The van der Waals surface area contributed by atoms with Gasteiger partial charge in [-0.25, -0.2) is 4.98 Å². The minimum absolute atomic E-state index is 0.0167. The Morgan fingerprint density at radius 2 is 2.25 bits per heavy atom. The summed E-state index contributed by atoms with van der Waals surface area (Å²) < 4.78 is 7.66. The Labute approximate surface area is 172 Å². The van der Waals surface area contributed by atoms with Gasteiger partial charge in [-0.15, -0.1) is 11.3 Å². The molecular formula is C20H21ClN4O2S. The molecule has 1 aliphatic heterocycles. The number of nitrogens with one attached hydrogen (secondary N) is 1. The van der Waals surface area contributed by atoms with E-state index in [-0.39, 0.29) is 12.0 Å². The highest BCUT2D eigenvalue weighted by Gasteiger charge is 2.20. The highest BCUT2D eigenvalue weighted by Crippen LogP contribution is 2.22. The van der Waals surface area contributed by atoms with Crippen molar-refractivity contribution in [3.63, 3.8) is 0 Å². The van der Waals surface area contributed by atoms with Crippen LogP contribution in [0.25, 0.3) is 11.0 Å². The summed E-state index contributed by atoms with van der Waals surface area (Å²) in [5, 5.41) is 5.23. The summed E-state index contributed by atoms with van der Waals surface area (Å²) in [4.78, 5) is 19.6. The molecule has 1 fully saturated rings. The largest absolute Gasteiger partial charge is 0.374 e. The minimum atomic E-state index is -0.176. The van der Waals surface area contributed by atoms with Gasteiger partial charge in [-0.05, 0) is 11.6 Å². The fourth-order valence-corrected chi connectivity index (χ4v) is 4.25. The second-order valence-electron chi connectivity index (χ2n) is 6.64. The van der Waals surface area contributed by atoms with Crippen molar-refractivity contribution < 1.29 is 9.53 Å². The number of amides is 1. The molecule has 0 saturated carbocycles. The second-order valence-corrected chi connectivity index (χ2v) is 7.87. The molecule has 0 bridgehead atoms. The Morgan fingerprint density at radius 1 is 1.39 bits per heavy atom. The smallest absolute Gasteiger partial charge is 0.244 e. The van der Waals surface area contributed by atoms with E-state index in [0.717, 1.165) is 24.6 Å². The molecule has 1 saturated heterocycles. The Kier molecular flexibility index (Phi) is 6.07. The molecule has 1 N–H and O–H groups in total. The average Bonchev–Trinajstić information content (AvgIpc) is 3.26. The van der Waals surface area contributed by atoms with Gasteiger partial charge >= 0.3 is 0 Å². The van der Waals surface area contributed by atoms with Crippen molar-refractivity contribution in [1.29, 1.82) is 0 Å². The Balaban J connectivity index is 1.28. The number of morpholine rings is 1. The van der Waals surface area contributed by atoms with Crippen molar-refractivity contribution in [2.24, 2.45) is 0 Å². The van der Waals surface area contributed by atoms with Gasteiger partial charge in [-0.3, -0.25) is 14.1 Å². The number of fused-ring (bicyclic) bond motifs is 1. The normalized spacial score (nSPS) is 18.1. The van der Waals surface area contributed by atoms with Gasteiger partial charge in [0.05, 0.1) is 18.4 Å². The first-order valence-corrected chi connectivity index (χ1v) is 10.4. The molecular weight excluding hydrogens is 396 g/mol. The molecule has 0 aliphatic carbocycles. The Morgan fingerprint density at radius 3 is 3.11 bits per heavy atom. The van der Waals surface area contributed by atoms with Crippen molar-refractivity contribution in [2.75, 3.05) is 26.2 Å². The van der Waals surface area contributed by atoms with E-state index in [9.17, 15) is 4.79 Å². The van der Waals surface area contributed by atoms with Crippen LogP contribution in [0, 0.1) is 0 Å². The number of halogens is 1. The highest BCUT2D eigenvalue weighted by atomic mass is 35.5. The Hall–Kier alpha value is -2.19. The summed E-state index contributed by atoms with van der Waals surface area (Å²) in [7, 11) is 0. The zero-order valence-corrected chi connectivity index (χ0v) is 16.8. The lowest BCUT2D eigenvalue weighted by molar-refractivity contribution is -0.117. The maximum atomic E-state index is 12.2. The van der Waals surface area contributed by atoms with E-state index in [4.69, 9.17) is 16.3 Å². The predicted molar refractivity (Wildman–Crippen MR) is 112 cm³/mol. The first-order chi connectivity index (χ1) is 13.7. The standard InChI is InChI=1S/C20H21ClN4O2S/c21-19-17(25-9-11-28-20(25)23-19)6-7-18(26)22-12-16-14-24(8-10-27-16)13-15-4-2-1-3-5-15/h1-7,9,11,16H,8,10,12-14H2,(H,22,26)/b7-6+. The zero-order chi connectivity index (χ0) is 19.3. The SMILES string of the molecule is O=C(/C=C/c1c(Cl)nc2sccn12)NCC1CN(Cc2ccccc2)CCO1. The van der Waals surface area contributed by atoms with Crippen molar-refractivity contribution in [3.8, 4) is 0 Å². The molecule has 1 atom stereocenters. The van der Waals surface area contributed by atoms with Gasteiger partial charge in [0.2, 0.25) is 5.91 Å². The van der Waals surface area contributed by atoms with E-state index in [2.05, 4.69) is 39.5 Å². The van der Waals surface area contributed by atoms with Crippen LogP contribution in [0.4, 0.5) is 0 Å². The van der Waals surface area contributed by atoms with Crippen LogP contribution in [-0.4, -0.2) is 52.5 Å². The minimum Gasteiger partial charge on any atom is -0.374 e. The van der Waals surface area contributed by atoms with E-state index in [0.29, 0.717) is 24.0 Å². The lowest BCUT2D eigenvalue weighted by Crippen LogP contribution is -2.46. The molecule has 3 heterocycles. The van der Waals surface area contributed by atoms with E-state index in [1.807, 2.05) is 22.0 Å². The van der Waals surface area contributed by atoms with Crippen LogP contribution in [0.15, 0.2) is 48.0 Å². The highest BCUT2D eigenvalue weighted by molar-refractivity contribution is 7.15. The summed E-state index contributed by atoms with van der Waals surface area (Å²) >= 11 is 7.64. The number of hydrogen-bond acceptors (Lipinski definition) is 5. The number of carbonyl (C=O) groups is 1. The molecule has 0 spiro atoms. The van der Waals surface area contributed by atoms with Crippen molar-refractivity contribution in [1.82, 2.24) is 19.6 Å². The van der Waals surface area contributed by atoms with Gasteiger partial charge in [0.1, 0.15) is 0 Å². The number of hydrogen-bond donors (Lipinski definition) is 1. The maximum absolute atomic E-state index is 12.2. The molecule has 4 rings (SSSR count). The molecule has 28 heavy (non-hydrogen) atoms. The molecule has 1 aromatic carbocycles. The molecule has 8 heteroatoms. The summed E-state index contributed by atoms with van der Waals surface area (Å²) in [6.45, 7) is 3.73. The molecule has 0 radical (unpaired) electrons. The molecule has 1 aliphatic rings. The molecule has 146 valence electrons. The van der Waals surface area contributed by atoms with Crippen LogP contribution in [0.2, 0.25) is 5.15 Å². The monoisotopic (exact) mass is 416 g/mol. The number of imidazole rings is 1. The van der Waals surface area contributed by atoms with E-state index in [1.54, 1.807) is 6.08 Å². The van der Waals surface area contributed by atoms with Crippen LogP contribution in [-0.2, 0) is 16.1 Å². The van der Waals surface area contributed by atoms with E-state index >= 15 is 0 Å². The predicted octanol–water partition coefficient (Wildman–Crippen LogP) is 3.08. The topological polar surface area (TPSA) is 58.9 Å². The molecule has 2 aromatic heterocycles. The molecule has 6 nitrogen and oxygen atoms in total. The van der Waals surface area contributed by atoms with E-state index < -0.39 is 0 Å². The van der Waals surface area contributed by atoms with Gasteiger partial charge in [0.15, 0.2) is 10.1 Å². The number of nitrogens with zero attached hydrogens (tertiary/aromatic N) is 3. The van der Waals surface area contributed by atoms with Crippen LogP contribution in [0.5, 0.6) is 0 Å². The summed E-state index contributed by atoms with van der Waals surface area (Å²) in [5.74, 6) is -0.176. The number of benzene rings is 1. The summed E-state index contributed by atoms with van der Waals surface area (Å²) in [6, 6.07) is 10.4. The first-order valence-electron chi connectivity index (χ1n) is 9.14. The fraction of sp³-hybridized carbons (Fsp3) is 0.300. The second kappa shape index (κ2) is 8.87. The molecule has 3 aromatic rings. The van der Waals surface area contributed by atoms with Crippen molar-refractivity contribution in [3.05, 3.63) is 64.4 Å². The number of ether oxygens (including phenoxy) is 1. The zero-order valence-electron chi connectivity index (χ0n) is 15.3. The fourth-order valence-electron chi connectivity index (χ4n) is 3.24. The van der Waals surface area contributed by atoms with Crippen molar-refractivity contribution in [2.45, 2.75) is 12.6 Å². The molecule has 1 amide bonds. The number of carbonyl (C=O) groups excluding carboxylic acids is 1. The summed E-state index contributed by atoms with van der Waals surface area (Å²) in [5.41, 5.74) is 1.99. The van der Waals surface area contributed by atoms with Gasteiger partial charge < -0.3 is 10.1 Å². The van der Waals surface area contributed by atoms with Crippen LogP contribution in [0.1, 0.15) is 11.3 Å². The van der Waals surface area contributed by atoms with Gasteiger partial charge in [0.25, 0.3) is 0 Å². The average molecular weight is 417 g/mol. The van der Waals surface area contributed by atoms with E-state index in [1.165, 1.54) is 23.0 Å². The molecule has 1 unspecified atom stereocenters. The maximum Gasteiger partial charge on any atom is 0.244 e. The number of rotatable bonds is 6. The third kappa shape index (κ3) is 4.62. The van der Waals surface area contributed by atoms with Crippen LogP contribution < -0.4 is 5.32 Å². The van der Waals surface area contributed by atoms with Gasteiger partial charge in [-0.1, -0.05) is 41.9 Å². The third-order valence-corrected chi connectivity index (χ3v) is 5.66.